The average molecular weight is 273 g/mol. The molecule has 1 rings (SSSR count). The first-order chi connectivity index (χ1) is 8.15. The minimum atomic E-state index is 0.581. The van der Waals surface area contributed by atoms with E-state index in [1.165, 1.54) is 0 Å². The normalized spacial score (nSPS) is 10.1. The molecule has 0 atom stereocenters. The largest absolute Gasteiger partial charge is 0.385 e. The van der Waals surface area contributed by atoms with Gasteiger partial charge in [0.15, 0.2) is 5.11 Å². The molecule has 0 amide bonds. The third-order valence-corrected chi connectivity index (χ3v) is 2.83. The number of methoxy groups -OCH3 is 1. The zero-order valence-electron chi connectivity index (χ0n) is 10.0. The SMILES string of the molecule is COCCCNC(=S)Nc1c(C)cccc1Cl. The Labute approximate surface area is 112 Å². The molecule has 0 aliphatic carbocycles. The summed E-state index contributed by atoms with van der Waals surface area (Å²) in [5.74, 6) is 0. The molecule has 0 unspecified atom stereocenters. The zero-order valence-corrected chi connectivity index (χ0v) is 11.6. The first kappa shape index (κ1) is 14.2. The summed E-state index contributed by atoms with van der Waals surface area (Å²) in [6.45, 7) is 3.49. The van der Waals surface area contributed by atoms with Crippen molar-refractivity contribution in [1.82, 2.24) is 5.32 Å². The molecule has 3 nitrogen and oxygen atoms in total. The lowest BCUT2D eigenvalue weighted by molar-refractivity contribution is 0.196. The van der Waals surface area contributed by atoms with Crippen molar-refractivity contribution < 1.29 is 4.74 Å². The van der Waals surface area contributed by atoms with Crippen molar-refractivity contribution in [2.75, 3.05) is 25.6 Å². The van der Waals surface area contributed by atoms with E-state index in [1.807, 2.05) is 25.1 Å². The molecule has 1 aromatic carbocycles. The highest BCUT2D eigenvalue weighted by molar-refractivity contribution is 7.80. The van der Waals surface area contributed by atoms with Crippen LogP contribution < -0.4 is 10.6 Å². The molecular weight excluding hydrogens is 256 g/mol. The van der Waals surface area contributed by atoms with E-state index >= 15 is 0 Å². The van der Waals surface area contributed by atoms with Gasteiger partial charge in [-0.1, -0.05) is 23.7 Å². The van der Waals surface area contributed by atoms with E-state index in [1.54, 1.807) is 7.11 Å². The number of benzene rings is 1. The smallest absolute Gasteiger partial charge is 0.170 e. The standard InChI is InChI=1S/C12H17ClN2OS/c1-9-5-3-6-10(13)11(9)15-12(17)14-7-4-8-16-2/h3,5-6H,4,7-8H2,1-2H3,(H2,14,15,17). The number of rotatable bonds is 5. The number of hydrogen-bond donors (Lipinski definition) is 2. The minimum Gasteiger partial charge on any atom is -0.385 e. The Balaban J connectivity index is 2.45. The summed E-state index contributed by atoms with van der Waals surface area (Å²) in [6.07, 6.45) is 0.916. The van der Waals surface area contributed by atoms with Crippen LogP contribution in [0.25, 0.3) is 0 Å². The fourth-order valence-corrected chi connectivity index (χ4v) is 1.84. The van der Waals surface area contributed by atoms with Gasteiger partial charge in [0, 0.05) is 20.3 Å². The lowest BCUT2D eigenvalue weighted by atomic mass is 10.2. The van der Waals surface area contributed by atoms with E-state index in [9.17, 15) is 0 Å². The molecule has 5 heteroatoms. The maximum absolute atomic E-state index is 6.09. The topological polar surface area (TPSA) is 33.3 Å². The van der Waals surface area contributed by atoms with Crippen LogP contribution in [0.5, 0.6) is 0 Å². The van der Waals surface area contributed by atoms with Crippen molar-refractivity contribution in [3.05, 3.63) is 28.8 Å². The Morgan fingerprint density at radius 2 is 2.24 bits per heavy atom. The molecule has 1 aromatic rings. The van der Waals surface area contributed by atoms with Gasteiger partial charge in [-0.2, -0.15) is 0 Å². The predicted molar refractivity (Wildman–Crippen MR) is 76.9 cm³/mol. The van der Waals surface area contributed by atoms with Crippen molar-refractivity contribution in [3.63, 3.8) is 0 Å². The molecule has 0 saturated carbocycles. The van der Waals surface area contributed by atoms with Gasteiger partial charge in [-0.15, -0.1) is 0 Å². The molecular formula is C12H17ClN2OS. The van der Waals surface area contributed by atoms with Gasteiger partial charge in [0.05, 0.1) is 10.7 Å². The van der Waals surface area contributed by atoms with Gasteiger partial charge in [0.1, 0.15) is 0 Å². The highest BCUT2D eigenvalue weighted by Crippen LogP contribution is 2.24. The Morgan fingerprint density at radius 1 is 1.47 bits per heavy atom. The summed E-state index contributed by atoms with van der Waals surface area (Å²) in [5, 5.41) is 7.46. The number of nitrogens with one attached hydrogen (secondary N) is 2. The highest BCUT2D eigenvalue weighted by atomic mass is 35.5. The monoisotopic (exact) mass is 272 g/mol. The number of hydrogen-bond acceptors (Lipinski definition) is 2. The van der Waals surface area contributed by atoms with Gasteiger partial charge in [0.2, 0.25) is 0 Å². The molecule has 0 bridgehead atoms. The summed E-state index contributed by atoms with van der Waals surface area (Å²) in [6, 6.07) is 5.74. The number of halogens is 1. The minimum absolute atomic E-state index is 0.581. The second kappa shape index (κ2) is 7.48. The van der Waals surface area contributed by atoms with E-state index in [0.717, 1.165) is 30.8 Å². The molecule has 0 spiro atoms. The number of anilines is 1. The molecule has 17 heavy (non-hydrogen) atoms. The summed E-state index contributed by atoms with van der Waals surface area (Å²) >= 11 is 11.3. The van der Waals surface area contributed by atoms with Crippen LogP contribution in [0.1, 0.15) is 12.0 Å². The third-order valence-electron chi connectivity index (χ3n) is 2.27. The van der Waals surface area contributed by atoms with Crippen molar-refractivity contribution in [2.45, 2.75) is 13.3 Å². The second-order valence-electron chi connectivity index (χ2n) is 3.66. The number of thiocarbonyl (C=S) groups is 1. The van der Waals surface area contributed by atoms with Gasteiger partial charge < -0.3 is 15.4 Å². The lowest BCUT2D eigenvalue weighted by Crippen LogP contribution is -2.30. The quantitative estimate of drug-likeness (QED) is 0.638. The van der Waals surface area contributed by atoms with E-state index in [4.69, 9.17) is 28.6 Å². The fourth-order valence-electron chi connectivity index (χ4n) is 1.37. The van der Waals surface area contributed by atoms with E-state index in [0.29, 0.717) is 10.1 Å². The van der Waals surface area contributed by atoms with E-state index in [-0.39, 0.29) is 0 Å². The maximum atomic E-state index is 6.09. The van der Waals surface area contributed by atoms with Crippen molar-refractivity contribution in [1.29, 1.82) is 0 Å². The van der Waals surface area contributed by atoms with E-state index < -0.39 is 0 Å². The second-order valence-corrected chi connectivity index (χ2v) is 4.47. The van der Waals surface area contributed by atoms with Crippen LogP contribution in [0.4, 0.5) is 5.69 Å². The van der Waals surface area contributed by atoms with Gasteiger partial charge in [0.25, 0.3) is 0 Å². The summed E-state index contributed by atoms with van der Waals surface area (Å²) in [5.41, 5.74) is 1.93. The summed E-state index contributed by atoms with van der Waals surface area (Å²) in [4.78, 5) is 0. The molecule has 0 aromatic heterocycles. The van der Waals surface area contributed by atoms with Crippen LogP contribution in [0.15, 0.2) is 18.2 Å². The Kier molecular flexibility index (Phi) is 6.26. The molecule has 94 valence electrons. The van der Waals surface area contributed by atoms with Gasteiger partial charge >= 0.3 is 0 Å². The fraction of sp³-hybridized carbons (Fsp3) is 0.417. The van der Waals surface area contributed by atoms with Gasteiger partial charge in [-0.3, -0.25) is 0 Å². The van der Waals surface area contributed by atoms with Crippen LogP contribution in [0.2, 0.25) is 5.02 Å². The average Bonchev–Trinajstić information content (AvgIpc) is 2.30. The lowest BCUT2D eigenvalue weighted by Gasteiger charge is -2.13. The molecule has 0 saturated heterocycles. The Bertz CT molecular complexity index is 365. The Hall–Kier alpha value is -0.840. The van der Waals surface area contributed by atoms with Crippen LogP contribution in [-0.2, 0) is 4.74 Å². The van der Waals surface area contributed by atoms with Crippen molar-refractivity contribution in [3.8, 4) is 0 Å². The van der Waals surface area contributed by atoms with Gasteiger partial charge in [-0.25, -0.2) is 0 Å². The molecule has 0 aliphatic heterocycles. The van der Waals surface area contributed by atoms with Crippen molar-refractivity contribution in [2.24, 2.45) is 0 Å². The molecule has 0 aliphatic rings. The molecule has 2 N–H and O–H groups in total. The van der Waals surface area contributed by atoms with Crippen molar-refractivity contribution >= 4 is 34.6 Å². The summed E-state index contributed by atoms with van der Waals surface area (Å²) < 4.78 is 4.96. The third kappa shape index (κ3) is 4.89. The number of para-hydroxylation sites is 1. The van der Waals surface area contributed by atoms with E-state index in [2.05, 4.69) is 10.6 Å². The zero-order chi connectivity index (χ0) is 12.7. The maximum Gasteiger partial charge on any atom is 0.170 e. The molecule has 0 radical (unpaired) electrons. The molecule has 0 heterocycles. The summed E-state index contributed by atoms with van der Waals surface area (Å²) in [7, 11) is 1.68. The number of ether oxygens (including phenoxy) is 1. The van der Waals surface area contributed by atoms with Crippen LogP contribution >= 0.6 is 23.8 Å². The number of aryl methyl sites for hydroxylation is 1. The first-order valence-electron chi connectivity index (χ1n) is 5.44. The predicted octanol–water partition coefficient (Wildman–Crippen LogP) is 2.97. The Morgan fingerprint density at radius 3 is 2.88 bits per heavy atom. The van der Waals surface area contributed by atoms with Crippen LogP contribution in [0, 0.1) is 6.92 Å². The first-order valence-corrected chi connectivity index (χ1v) is 6.22. The van der Waals surface area contributed by atoms with Crippen LogP contribution in [0.3, 0.4) is 0 Å². The molecule has 0 fully saturated rings. The highest BCUT2D eigenvalue weighted by Gasteiger charge is 2.04. The van der Waals surface area contributed by atoms with Crippen LogP contribution in [-0.4, -0.2) is 25.4 Å². The van der Waals surface area contributed by atoms with Gasteiger partial charge in [-0.05, 0) is 37.2 Å².